The van der Waals surface area contributed by atoms with Crippen LogP contribution in [0.4, 0.5) is 11.6 Å². The van der Waals surface area contributed by atoms with E-state index < -0.39 is 4.92 Å². The summed E-state index contributed by atoms with van der Waals surface area (Å²) >= 11 is 3.17. The van der Waals surface area contributed by atoms with Crippen molar-refractivity contribution in [2.45, 2.75) is 6.92 Å². The average molecular weight is 339 g/mol. The van der Waals surface area contributed by atoms with E-state index in [9.17, 15) is 10.1 Å². The van der Waals surface area contributed by atoms with Crippen LogP contribution in [0.5, 0.6) is 11.6 Å². The van der Waals surface area contributed by atoms with Gasteiger partial charge in [0.1, 0.15) is 4.47 Å². The van der Waals surface area contributed by atoms with Gasteiger partial charge in [0.15, 0.2) is 5.75 Å². The Kier molecular flexibility index (Phi) is 4.14. The van der Waals surface area contributed by atoms with Crippen LogP contribution in [0.3, 0.4) is 0 Å². The standard InChI is InChI=1S/C12H11BrN4O3/c1-7-6-15-12(14-2)16-11(7)20-9-5-3-4-8(10(9)13)17(18)19/h3-6H,1-2H3,(H,14,15,16). The maximum atomic E-state index is 10.9. The molecular formula is C12H11BrN4O3. The third-order valence-corrected chi connectivity index (χ3v) is 3.29. The fourth-order valence-electron chi connectivity index (χ4n) is 1.47. The Hall–Kier alpha value is -2.22. The second-order valence-corrected chi connectivity index (χ2v) is 4.67. The van der Waals surface area contributed by atoms with Crippen LogP contribution in [0.2, 0.25) is 0 Å². The SMILES string of the molecule is CNc1ncc(C)c(Oc2cccc([N+](=O)[O-])c2Br)n1. The maximum absolute atomic E-state index is 10.9. The first-order valence-electron chi connectivity index (χ1n) is 5.65. The molecule has 1 N–H and O–H groups in total. The molecule has 0 unspecified atom stereocenters. The first-order chi connectivity index (χ1) is 9.52. The van der Waals surface area contributed by atoms with E-state index >= 15 is 0 Å². The molecule has 1 aromatic heterocycles. The van der Waals surface area contributed by atoms with Gasteiger partial charge in [-0.25, -0.2) is 4.98 Å². The van der Waals surface area contributed by atoms with Crippen LogP contribution in [0.25, 0.3) is 0 Å². The summed E-state index contributed by atoms with van der Waals surface area (Å²) in [6.07, 6.45) is 1.61. The molecule has 7 nitrogen and oxygen atoms in total. The van der Waals surface area contributed by atoms with Gasteiger partial charge in [0, 0.05) is 24.9 Å². The van der Waals surface area contributed by atoms with Crippen LogP contribution in [0, 0.1) is 17.0 Å². The highest BCUT2D eigenvalue weighted by Gasteiger charge is 2.17. The second-order valence-electron chi connectivity index (χ2n) is 3.88. The molecule has 0 bridgehead atoms. The minimum Gasteiger partial charge on any atom is -0.437 e. The molecule has 0 spiro atoms. The summed E-state index contributed by atoms with van der Waals surface area (Å²) in [5.74, 6) is 1.07. The van der Waals surface area contributed by atoms with E-state index in [0.717, 1.165) is 5.56 Å². The summed E-state index contributed by atoms with van der Waals surface area (Å²) in [4.78, 5) is 18.6. The van der Waals surface area contributed by atoms with Crippen molar-refractivity contribution in [1.82, 2.24) is 9.97 Å². The summed E-state index contributed by atoms with van der Waals surface area (Å²) in [7, 11) is 1.69. The third-order valence-electron chi connectivity index (χ3n) is 2.50. The number of nitro benzene ring substituents is 1. The van der Waals surface area contributed by atoms with Gasteiger partial charge in [-0.3, -0.25) is 10.1 Å². The topological polar surface area (TPSA) is 90.2 Å². The number of aryl methyl sites for hydroxylation is 1. The molecule has 0 amide bonds. The van der Waals surface area contributed by atoms with Crippen molar-refractivity contribution in [3.63, 3.8) is 0 Å². The van der Waals surface area contributed by atoms with Crippen LogP contribution < -0.4 is 10.1 Å². The molecule has 0 aliphatic rings. The predicted molar refractivity (Wildman–Crippen MR) is 77.2 cm³/mol. The number of halogens is 1. The van der Waals surface area contributed by atoms with Crippen molar-refractivity contribution in [3.05, 3.63) is 44.5 Å². The van der Waals surface area contributed by atoms with Gasteiger partial charge >= 0.3 is 0 Å². The zero-order chi connectivity index (χ0) is 14.7. The van der Waals surface area contributed by atoms with Crippen molar-refractivity contribution in [3.8, 4) is 11.6 Å². The van der Waals surface area contributed by atoms with E-state index in [1.807, 2.05) is 0 Å². The highest BCUT2D eigenvalue weighted by Crippen LogP contribution is 2.36. The van der Waals surface area contributed by atoms with Gasteiger partial charge in [-0.2, -0.15) is 4.98 Å². The number of hydrogen-bond donors (Lipinski definition) is 1. The first kappa shape index (κ1) is 14.2. The van der Waals surface area contributed by atoms with Crippen LogP contribution in [0.15, 0.2) is 28.9 Å². The molecule has 2 aromatic rings. The quantitative estimate of drug-likeness (QED) is 0.679. The predicted octanol–water partition coefficient (Wildman–Crippen LogP) is 3.29. The van der Waals surface area contributed by atoms with E-state index in [4.69, 9.17) is 4.74 Å². The zero-order valence-corrected chi connectivity index (χ0v) is 12.3. The zero-order valence-electron chi connectivity index (χ0n) is 10.8. The van der Waals surface area contributed by atoms with Gasteiger partial charge in [-0.1, -0.05) is 6.07 Å². The number of nitro groups is 1. The lowest BCUT2D eigenvalue weighted by Crippen LogP contribution is -2.00. The highest BCUT2D eigenvalue weighted by atomic mass is 79.9. The molecule has 1 aromatic carbocycles. The molecule has 104 valence electrons. The highest BCUT2D eigenvalue weighted by molar-refractivity contribution is 9.10. The Morgan fingerprint density at radius 1 is 1.45 bits per heavy atom. The number of hydrogen-bond acceptors (Lipinski definition) is 6. The molecule has 0 radical (unpaired) electrons. The minimum absolute atomic E-state index is 0.0666. The normalized spacial score (nSPS) is 10.2. The molecule has 0 fully saturated rings. The Morgan fingerprint density at radius 2 is 2.20 bits per heavy atom. The maximum Gasteiger partial charge on any atom is 0.287 e. The van der Waals surface area contributed by atoms with Gasteiger partial charge in [0.05, 0.1) is 4.92 Å². The van der Waals surface area contributed by atoms with E-state index in [1.165, 1.54) is 6.07 Å². The number of anilines is 1. The minimum atomic E-state index is -0.483. The van der Waals surface area contributed by atoms with E-state index in [2.05, 4.69) is 31.2 Å². The third kappa shape index (κ3) is 2.85. The fourth-order valence-corrected chi connectivity index (χ4v) is 1.96. The molecule has 1 heterocycles. The number of rotatable bonds is 4. The van der Waals surface area contributed by atoms with E-state index in [0.29, 0.717) is 17.6 Å². The van der Waals surface area contributed by atoms with Gasteiger partial charge in [0.25, 0.3) is 5.69 Å². The summed E-state index contributed by atoms with van der Waals surface area (Å²) in [5.41, 5.74) is 0.658. The monoisotopic (exact) mass is 338 g/mol. The van der Waals surface area contributed by atoms with Crippen molar-refractivity contribution in [2.75, 3.05) is 12.4 Å². The summed E-state index contributed by atoms with van der Waals surface area (Å²) in [5, 5.41) is 13.7. The molecule has 0 aliphatic carbocycles. The van der Waals surface area contributed by atoms with Crippen LogP contribution in [0.1, 0.15) is 5.56 Å². The number of nitrogens with zero attached hydrogens (tertiary/aromatic N) is 3. The molecule has 0 saturated carbocycles. The lowest BCUT2D eigenvalue weighted by molar-refractivity contribution is -0.385. The Labute approximate surface area is 123 Å². The summed E-state index contributed by atoms with van der Waals surface area (Å²) in [6.45, 7) is 1.79. The van der Waals surface area contributed by atoms with Gasteiger partial charge in [-0.05, 0) is 28.9 Å². The summed E-state index contributed by atoms with van der Waals surface area (Å²) < 4.78 is 5.90. The van der Waals surface area contributed by atoms with Crippen molar-refractivity contribution < 1.29 is 9.66 Å². The van der Waals surface area contributed by atoms with Gasteiger partial charge in [-0.15, -0.1) is 0 Å². The van der Waals surface area contributed by atoms with Crippen LogP contribution >= 0.6 is 15.9 Å². The largest absolute Gasteiger partial charge is 0.437 e. The smallest absolute Gasteiger partial charge is 0.287 e. The molecule has 0 saturated heterocycles. The lowest BCUT2D eigenvalue weighted by atomic mass is 10.3. The molecule has 20 heavy (non-hydrogen) atoms. The van der Waals surface area contributed by atoms with Gasteiger partial charge < -0.3 is 10.1 Å². The van der Waals surface area contributed by atoms with Crippen molar-refractivity contribution in [1.29, 1.82) is 0 Å². The Bertz CT molecular complexity index is 663. The van der Waals surface area contributed by atoms with E-state index in [1.54, 1.807) is 32.3 Å². The molecule has 8 heteroatoms. The van der Waals surface area contributed by atoms with Crippen LogP contribution in [-0.2, 0) is 0 Å². The lowest BCUT2D eigenvalue weighted by Gasteiger charge is -2.10. The average Bonchev–Trinajstić information content (AvgIpc) is 2.43. The van der Waals surface area contributed by atoms with Gasteiger partial charge in [0.2, 0.25) is 11.8 Å². The molecule has 2 rings (SSSR count). The summed E-state index contributed by atoms with van der Waals surface area (Å²) in [6, 6.07) is 4.56. The van der Waals surface area contributed by atoms with E-state index in [-0.39, 0.29) is 10.2 Å². The second kappa shape index (κ2) is 5.83. The van der Waals surface area contributed by atoms with Crippen LogP contribution in [-0.4, -0.2) is 21.9 Å². The fraction of sp³-hybridized carbons (Fsp3) is 0.167. The molecule has 0 atom stereocenters. The molecule has 0 aliphatic heterocycles. The van der Waals surface area contributed by atoms with Crippen molar-refractivity contribution >= 4 is 27.6 Å². The Morgan fingerprint density at radius 3 is 2.85 bits per heavy atom. The number of ether oxygens (including phenoxy) is 1. The first-order valence-corrected chi connectivity index (χ1v) is 6.44. The number of aromatic nitrogens is 2. The Balaban J connectivity index is 2.40. The van der Waals surface area contributed by atoms with Crippen molar-refractivity contribution in [2.24, 2.45) is 0 Å². The number of benzene rings is 1. The molecular weight excluding hydrogens is 328 g/mol. The number of nitrogens with one attached hydrogen (secondary N) is 1.